The lowest BCUT2D eigenvalue weighted by Gasteiger charge is -2.42. The van der Waals surface area contributed by atoms with Crippen molar-refractivity contribution in [3.05, 3.63) is 70.3 Å². The molecule has 1 amide bonds. The predicted molar refractivity (Wildman–Crippen MR) is 155 cm³/mol. The van der Waals surface area contributed by atoms with Crippen LogP contribution in [0.4, 0.5) is 5.69 Å². The van der Waals surface area contributed by atoms with Gasteiger partial charge in [0, 0.05) is 36.2 Å². The van der Waals surface area contributed by atoms with Crippen molar-refractivity contribution in [2.45, 2.75) is 51.2 Å². The minimum Gasteiger partial charge on any atom is -0.487 e. The quantitative estimate of drug-likeness (QED) is 0.430. The Hall–Kier alpha value is -2.59. The van der Waals surface area contributed by atoms with E-state index in [2.05, 4.69) is 9.62 Å². The van der Waals surface area contributed by atoms with Crippen LogP contribution in [0.5, 0.6) is 5.75 Å². The monoisotopic (exact) mass is 588 g/mol. The average Bonchev–Trinajstić information content (AvgIpc) is 2.92. The van der Waals surface area contributed by atoms with Gasteiger partial charge in [0.15, 0.2) is 0 Å². The maximum absolute atomic E-state index is 13.1. The number of ether oxygens (including phenoxy) is 1. The molecule has 3 N–H and O–H groups in total. The molecule has 0 unspecified atom stereocenters. The number of aliphatic hydroxyl groups is 2. The molecule has 2 aromatic carbocycles. The highest BCUT2D eigenvalue weighted by atomic mass is 35.5. The van der Waals surface area contributed by atoms with Crippen LogP contribution in [0.15, 0.2) is 48.6 Å². The molecule has 1 fully saturated rings. The van der Waals surface area contributed by atoms with E-state index in [4.69, 9.17) is 16.3 Å². The highest BCUT2D eigenvalue weighted by Gasteiger charge is 2.37. The van der Waals surface area contributed by atoms with Crippen molar-refractivity contribution in [1.82, 2.24) is 4.72 Å². The number of anilines is 1. The van der Waals surface area contributed by atoms with Crippen molar-refractivity contribution in [2.24, 2.45) is 17.8 Å². The first-order valence-corrected chi connectivity index (χ1v) is 16.0. The molecule has 3 aliphatic rings. The Balaban J connectivity index is 1.52. The van der Waals surface area contributed by atoms with Crippen LogP contribution < -0.4 is 14.4 Å². The molecule has 2 aromatic rings. The second kappa shape index (κ2) is 12.5. The van der Waals surface area contributed by atoms with Crippen LogP contribution in [-0.4, -0.2) is 56.1 Å². The van der Waals surface area contributed by atoms with Gasteiger partial charge < -0.3 is 19.8 Å². The number of sulfonamides is 1. The Bertz CT molecular complexity index is 1360. The number of fused-ring (bicyclic) bond motifs is 3. The summed E-state index contributed by atoms with van der Waals surface area (Å²) in [6, 6.07) is 10.9. The fourth-order valence-electron chi connectivity index (χ4n) is 5.93. The van der Waals surface area contributed by atoms with Gasteiger partial charge in [-0.15, -0.1) is 0 Å². The van der Waals surface area contributed by atoms with Gasteiger partial charge in [0.05, 0.1) is 17.5 Å². The van der Waals surface area contributed by atoms with Gasteiger partial charge in [-0.2, -0.15) is 0 Å². The van der Waals surface area contributed by atoms with Crippen LogP contribution >= 0.6 is 11.6 Å². The minimum atomic E-state index is -4.00. The van der Waals surface area contributed by atoms with Crippen LogP contribution in [0, 0.1) is 17.8 Å². The van der Waals surface area contributed by atoms with E-state index in [0.717, 1.165) is 55.5 Å². The number of rotatable bonds is 1. The lowest BCUT2D eigenvalue weighted by molar-refractivity contribution is 0.0460. The number of halogens is 1. The summed E-state index contributed by atoms with van der Waals surface area (Å²) in [6.45, 7) is 1.41. The highest BCUT2D eigenvalue weighted by Crippen LogP contribution is 2.41. The predicted octanol–water partition coefficient (Wildman–Crippen LogP) is 4.08. The zero-order valence-electron chi connectivity index (χ0n) is 22.5. The first-order chi connectivity index (χ1) is 19.2. The van der Waals surface area contributed by atoms with E-state index in [1.807, 2.05) is 18.2 Å². The second-order valence-corrected chi connectivity index (χ2v) is 13.4. The number of allylic oxidation sites excluding steroid dienone is 1. The highest BCUT2D eigenvalue weighted by molar-refractivity contribution is 7.90. The van der Waals surface area contributed by atoms with E-state index in [9.17, 15) is 23.4 Å². The lowest BCUT2D eigenvalue weighted by Crippen LogP contribution is -2.43. The van der Waals surface area contributed by atoms with Crippen molar-refractivity contribution in [3.8, 4) is 5.75 Å². The Kier molecular flexibility index (Phi) is 9.05. The van der Waals surface area contributed by atoms with Crippen LogP contribution in [0.2, 0.25) is 5.02 Å². The second-order valence-electron chi connectivity index (χ2n) is 11.2. The molecule has 0 saturated heterocycles. The van der Waals surface area contributed by atoms with Gasteiger partial charge in [0.25, 0.3) is 5.91 Å². The smallest absolute Gasteiger partial charge is 0.264 e. The van der Waals surface area contributed by atoms with E-state index in [-0.39, 0.29) is 30.4 Å². The lowest BCUT2D eigenvalue weighted by atomic mass is 9.70. The van der Waals surface area contributed by atoms with Crippen molar-refractivity contribution in [1.29, 1.82) is 0 Å². The fraction of sp³-hybridized carbons (Fsp3) is 0.500. The third kappa shape index (κ3) is 6.82. The van der Waals surface area contributed by atoms with E-state index >= 15 is 0 Å². The molecule has 0 radical (unpaired) electrons. The normalized spacial score (nSPS) is 28.0. The topological polar surface area (TPSA) is 116 Å². The Labute approximate surface area is 241 Å². The van der Waals surface area contributed by atoms with E-state index in [1.165, 1.54) is 0 Å². The number of benzene rings is 2. The summed E-state index contributed by atoms with van der Waals surface area (Å²) in [5.74, 6) is -0.749. The number of aliphatic hydroxyl groups excluding tert-OH is 2. The molecule has 1 saturated carbocycles. The Morgan fingerprint density at radius 3 is 2.73 bits per heavy atom. The molecule has 2 aliphatic heterocycles. The zero-order chi connectivity index (χ0) is 28.3. The third-order valence-electron chi connectivity index (χ3n) is 8.37. The molecule has 4 atom stereocenters. The summed E-state index contributed by atoms with van der Waals surface area (Å²) in [5, 5.41) is 21.4. The fourth-order valence-corrected chi connectivity index (χ4v) is 7.47. The summed E-state index contributed by atoms with van der Waals surface area (Å²) in [4.78, 5) is 15.4. The molecule has 2 bridgehead atoms. The van der Waals surface area contributed by atoms with Crippen LogP contribution in [0.25, 0.3) is 0 Å². The molecule has 8 nitrogen and oxygen atoms in total. The number of carbonyl (C=O) groups excluding carboxylic acids is 1. The largest absolute Gasteiger partial charge is 0.487 e. The van der Waals surface area contributed by atoms with Crippen molar-refractivity contribution in [2.75, 3.05) is 30.3 Å². The van der Waals surface area contributed by atoms with Crippen molar-refractivity contribution >= 4 is 33.2 Å². The van der Waals surface area contributed by atoms with E-state index in [0.29, 0.717) is 23.9 Å². The summed E-state index contributed by atoms with van der Waals surface area (Å²) in [7, 11) is -4.00. The minimum absolute atomic E-state index is 0.0842. The summed E-state index contributed by atoms with van der Waals surface area (Å²) >= 11 is 6.28. The molecular formula is C30H37ClN2O6S. The first-order valence-electron chi connectivity index (χ1n) is 14.0. The van der Waals surface area contributed by atoms with Crippen LogP contribution in [0.3, 0.4) is 0 Å². The standard InChI is InChI=1S/C30H37ClN2O6S/c31-25-10-7-24-18-39-29-12-9-22-15-27(29)33(13-2-1-5-21(24)14-25)16-23-8-11-26(23)28(35)6-3-4-20(17-34)19-40(37,38)32-30(22)36/h3,6-7,9-10,12,14-15,20,23,26,28,34-35H,1-2,4-5,8,11,13,16-19H2,(H,32,36)/b6-3+/t20-,23-,26+,28+/m0/s1. The molecule has 5 rings (SSSR count). The van der Waals surface area contributed by atoms with Gasteiger partial charge in [-0.3, -0.25) is 4.79 Å². The number of hydrogen-bond acceptors (Lipinski definition) is 7. The van der Waals surface area contributed by atoms with Gasteiger partial charge in [-0.25, -0.2) is 13.1 Å². The Morgan fingerprint density at radius 2 is 1.95 bits per heavy atom. The maximum Gasteiger partial charge on any atom is 0.264 e. The molecule has 10 heteroatoms. The van der Waals surface area contributed by atoms with Crippen LogP contribution in [-0.2, 0) is 23.1 Å². The van der Waals surface area contributed by atoms with Gasteiger partial charge in [-0.05, 0) is 91.8 Å². The number of carbonyl (C=O) groups is 1. The molecule has 40 heavy (non-hydrogen) atoms. The first kappa shape index (κ1) is 28.9. The van der Waals surface area contributed by atoms with E-state index < -0.39 is 33.7 Å². The molecule has 1 aliphatic carbocycles. The number of nitrogens with one attached hydrogen (secondary N) is 1. The number of amides is 1. The molecule has 0 aromatic heterocycles. The van der Waals surface area contributed by atoms with E-state index in [1.54, 1.807) is 30.4 Å². The number of hydrogen-bond donors (Lipinski definition) is 3. The van der Waals surface area contributed by atoms with Gasteiger partial charge in [0.1, 0.15) is 12.4 Å². The molecule has 216 valence electrons. The number of aryl methyl sites for hydroxylation is 1. The zero-order valence-corrected chi connectivity index (χ0v) is 24.0. The third-order valence-corrected chi connectivity index (χ3v) is 10.0. The summed E-state index contributed by atoms with van der Waals surface area (Å²) < 4.78 is 34.1. The van der Waals surface area contributed by atoms with Gasteiger partial charge in [0.2, 0.25) is 10.0 Å². The van der Waals surface area contributed by atoms with Gasteiger partial charge in [-0.1, -0.05) is 29.8 Å². The van der Waals surface area contributed by atoms with Crippen molar-refractivity contribution in [3.63, 3.8) is 0 Å². The molecule has 0 spiro atoms. The summed E-state index contributed by atoms with van der Waals surface area (Å²) in [6.07, 6.45) is 7.73. The number of nitrogens with zero attached hydrogens (tertiary/aromatic N) is 1. The van der Waals surface area contributed by atoms with Crippen LogP contribution in [0.1, 0.15) is 53.6 Å². The summed E-state index contributed by atoms with van der Waals surface area (Å²) in [5.41, 5.74) is 3.16. The molecular weight excluding hydrogens is 552 g/mol. The average molecular weight is 589 g/mol. The molecule has 2 heterocycles. The van der Waals surface area contributed by atoms with Gasteiger partial charge >= 0.3 is 0 Å². The maximum atomic E-state index is 13.1. The van der Waals surface area contributed by atoms with Crippen molar-refractivity contribution < 1.29 is 28.2 Å². The Morgan fingerprint density at radius 1 is 1.10 bits per heavy atom. The SMILES string of the molecule is O=C1NS(=O)(=O)C[C@H](CO)C/C=C/[C@@H](O)[C@@H]2CC[C@H]2CN2CCCCc3cc(Cl)ccc3COc3ccc1cc32.